The van der Waals surface area contributed by atoms with E-state index in [0.717, 1.165) is 25.9 Å². The summed E-state index contributed by atoms with van der Waals surface area (Å²) in [5, 5.41) is 3.07. The van der Waals surface area contributed by atoms with Gasteiger partial charge in [-0.1, -0.05) is 0 Å². The number of amides is 1. The molecule has 24 heavy (non-hydrogen) atoms. The Kier molecular flexibility index (Phi) is 3.80. The summed E-state index contributed by atoms with van der Waals surface area (Å²) in [5.74, 6) is -0.0515. The Morgan fingerprint density at radius 3 is 2.88 bits per heavy atom. The van der Waals surface area contributed by atoms with Crippen LogP contribution >= 0.6 is 0 Å². The van der Waals surface area contributed by atoms with Crippen molar-refractivity contribution in [1.82, 2.24) is 20.2 Å². The first-order chi connectivity index (χ1) is 11.6. The summed E-state index contributed by atoms with van der Waals surface area (Å²) in [7, 11) is 0. The van der Waals surface area contributed by atoms with Crippen LogP contribution in [-0.4, -0.2) is 45.9 Å². The molecule has 1 amide bonds. The zero-order chi connectivity index (χ0) is 16.7. The maximum atomic E-state index is 13.2. The lowest BCUT2D eigenvalue weighted by molar-refractivity contribution is 0.0210. The van der Waals surface area contributed by atoms with Crippen molar-refractivity contribution in [2.75, 3.05) is 13.1 Å². The fourth-order valence-corrected chi connectivity index (χ4v) is 3.83. The Morgan fingerprint density at radius 2 is 2.17 bits per heavy atom. The Morgan fingerprint density at radius 1 is 1.38 bits per heavy atom. The highest BCUT2D eigenvalue weighted by molar-refractivity contribution is 5.90. The lowest BCUT2D eigenvalue weighted by atomic mass is 9.79. The van der Waals surface area contributed by atoms with Crippen molar-refractivity contribution >= 4 is 5.91 Å². The largest absolute Gasteiger partial charge is 0.432 e. The van der Waals surface area contributed by atoms with Crippen LogP contribution in [0.5, 0.6) is 0 Å². The number of fused-ring (bicyclic) bond motifs is 3. The van der Waals surface area contributed by atoms with E-state index in [1.807, 2.05) is 0 Å². The fraction of sp³-hybridized carbons (Fsp3) is 0.471. The topological polar surface area (TPSA) is 71.3 Å². The molecule has 3 aliphatic heterocycles. The lowest BCUT2D eigenvalue weighted by Gasteiger charge is -2.49. The van der Waals surface area contributed by atoms with Crippen LogP contribution in [0.15, 0.2) is 28.9 Å². The second-order valence-corrected chi connectivity index (χ2v) is 6.51. The number of nitrogens with zero attached hydrogens (tertiary/aromatic N) is 3. The van der Waals surface area contributed by atoms with Crippen LogP contribution < -0.4 is 5.32 Å². The Hall–Kier alpha value is -2.28. The van der Waals surface area contributed by atoms with E-state index in [-0.39, 0.29) is 17.8 Å². The molecule has 5 heterocycles. The molecule has 3 saturated heterocycles. The van der Waals surface area contributed by atoms with Gasteiger partial charge >= 0.3 is 5.91 Å². The van der Waals surface area contributed by atoms with Crippen molar-refractivity contribution in [1.29, 1.82) is 0 Å². The maximum absolute atomic E-state index is 13.2. The monoisotopic (exact) mass is 330 g/mol. The number of pyridine rings is 1. The fourth-order valence-electron chi connectivity index (χ4n) is 3.83. The van der Waals surface area contributed by atoms with Gasteiger partial charge in [0.2, 0.25) is 5.95 Å². The average molecular weight is 330 g/mol. The van der Waals surface area contributed by atoms with Crippen LogP contribution in [0.3, 0.4) is 0 Å². The summed E-state index contributed by atoms with van der Waals surface area (Å²) in [5.41, 5.74) is 0.505. The third kappa shape index (κ3) is 2.69. The number of rotatable bonds is 3. The Bertz CT molecular complexity index is 753. The average Bonchev–Trinajstić information content (AvgIpc) is 3.09. The number of hydrogen-bond donors (Lipinski definition) is 1. The van der Waals surface area contributed by atoms with Gasteiger partial charge in [0.15, 0.2) is 5.76 Å². The number of piperidine rings is 3. The molecule has 6 nitrogen and oxygen atoms in total. The molecule has 2 unspecified atom stereocenters. The van der Waals surface area contributed by atoms with Gasteiger partial charge in [-0.05, 0) is 44.8 Å². The first kappa shape index (κ1) is 15.3. The van der Waals surface area contributed by atoms with E-state index in [1.165, 1.54) is 18.5 Å². The van der Waals surface area contributed by atoms with Gasteiger partial charge in [-0.15, -0.1) is 0 Å². The molecule has 1 N–H and O–H groups in total. The van der Waals surface area contributed by atoms with Crippen LogP contribution in [-0.2, 0) is 0 Å². The molecular weight excluding hydrogens is 311 g/mol. The smallest absolute Gasteiger partial charge is 0.307 e. The third-order valence-electron chi connectivity index (χ3n) is 5.19. The van der Waals surface area contributed by atoms with Crippen molar-refractivity contribution < 1.29 is 13.6 Å². The molecule has 5 rings (SSSR count). The van der Waals surface area contributed by atoms with E-state index < -0.39 is 5.95 Å². The number of oxazole rings is 1. The van der Waals surface area contributed by atoms with E-state index in [9.17, 15) is 9.18 Å². The number of carbonyl (C=O) groups excluding carboxylic acids is 1. The quantitative estimate of drug-likeness (QED) is 0.873. The van der Waals surface area contributed by atoms with Crippen LogP contribution in [0.2, 0.25) is 0 Å². The number of halogens is 1. The van der Waals surface area contributed by atoms with Gasteiger partial charge in [0.1, 0.15) is 0 Å². The second-order valence-electron chi connectivity index (χ2n) is 6.51. The highest BCUT2D eigenvalue weighted by Crippen LogP contribution is 2.32. The molecule has 2 bridgehead atoms. The van der Waals surface area contributed by atoms with Gasteiger partial charge in [-0.2, -0.15) is 4.39 Å². The summed E-state index contributed by atoms with van der Waals surface area (Å²) in [6.45, 7) is 4.36. The minimum Gasteiger partial charge on any atom is -0.432 e. The van der Waals surface area contributed by atoms with Gasteiger partial charge in [-0.25, -0.2) is 9.97 Å². The van der Waals surface area contributed by atoms with Crippen LogP contribution in [0.1, 0.15) is 30.5 Å². The molecule has 0 aliphatic carbocycles. The maximum Gasteiger partial charge on any atom is 0.307 e. The van der Waals surface area contributed by atoms with E-state index in [1.54, 1.807) is 6.07 Å². The Labute approximate surface area is 139 Å². The summed E-state index contributed by atoms with van der Waals surface area (Å²) >= 11 is 0. The third-order valence-corrected chi connectivity index (χ3v) is 5.19. The first-order valence-corrected chi connectivity index (χ1v) is 8.24. The van der Waals surface area contributed by atoms with E-state index in [2.05, 4.69) is 27.1 Å². The zero-order valence-electron chi connectivity index (χ0n) is 13.4. The van der Waals surface area contributed by atoms with Crippen molar-refractivity contribution in [2.45, 2.75) is 31.8 Å². The number of hydrogen-bond acceptors (Lipinski definition) is 5. The van der Waals surface area contributed by atoms with Crippen molar-refractivity contribution in [3.8, 4) is 11.3 Å². The van der Waals surface area contributed by atoms with Crippen LogP contribution in [0, 0.1) is 11.9 Å². The molecule has 0 spiro atoms. The predicted octanol–water partition coefficient (Wildman–Crippen LogP) is 2.09. The molecule has 3 fully saturated rings. The standard InChI is InChI=1S/C17H19FN4O2/c1-10-15(11-3-6-22(10)7-4-11)21-16(23)17-20-9-13(24-17)12-2-5-19-14(18)8-12/h2,5,8-11,15H,3-4,6-7H2,1H3,(H,21,23). The summed E-state index contributed by atoms with van der Waals surface area (Å²) in [6, 6.07) is 3.30. The van der Waals surface area contributed by atoms with Crippen molar-refractivity contribution in [2.24, 2.45) is 5.92 Å². The number of aromatic nitrogens is 2. The summed E-state index contributed by atoms with van der Waals surface area (Å²) < 4.78 is 18.7. The molecular formula is C17H19FN4O2. The number of nitrogens with one attached hydrogen (secondary N) is 1. The van der Waals surface area contributed by atoms with Crippen molar-refractivity contribution in [3.05, 3.63) is 36.4 Å². The molecule has 3 aliphatic rings. The van der Waals surface area contributed by atoms with Gasteiger partial charge in [0, 0.05) is 29.9 Å². The van der Waals surface area contributed by atoms with Crippen LogP contribution in [0.4, 0.5) is 4.39 Å². The minimum absolute atomic E-state index is 0.00543. The molecule has 0 radical (unpaired) electrons. The van der Waals surface area contributed by atoms with E-state index in [4.69, 9.17) is 4.42 Å². The molecule has 2 aromatic rings. The van der Waals surface area contributed by atoms with Gasteiger partial charge < -0.3 is 9.73 Å². The highest BCUT2D eigenvalue weighted by atomic mass is 19.1. The second kappa shape index (κ2) is 5.98. The van der Waals surface area contributed by atoms with Gasteiger partial charge in [0.05, 0.1) is 6.20 Å². The van der Waals surface area contributed by atoms with Gasteiger partial charge in [-0.3, -0.25) is 9.69 Å². The SMILES string of the molecule is CC1C(NC(=O)c2ncc(-c3ccnc(F)c3)o2)C2CCN1CC2. The van der Waals surface area contributed by atoms with E-state index in [0.29, 0.717) is 23.3 Å². The molecule has 2 aromatic heterocycles. The normalized spacial score (nSPS) is 28.8. The first-order valence-electron chi connectivity index (χ1n) is 8.24. The molecule has 126 valence electrons. The van der Waals surface area contributed by atoms with Crippen molar-refractivity contribution in [3.63, 3.8) is 0 Å². The number of carbonyl (C=O) groups is 1. The minimum atomic E-state index is -0.601. The lowest BCUT2D eigenvalue weighted by Crippen LogP contribution is -2.62. The summed E-state index contributed by atoms with van der Waals surface area (Å²) in [6.07, 6.45) is 5.01. The van der Waals surface area contributed by atoms with Crippen LogP contribution in [0.25, 0.3) is 11.3 Å². The van der Waals surface area contributed by atoms with E-state index >= 15 is 0 Å². The summed E-state index contributed by atoms with van der Waals surface area (Å²) in [4.78, 5) is 22.4. The predicted molar refractivity (Wildman–Crippen MR) is 84.7 cm³/mol. The zero-order valence-corrected chi connectivity index (χ0v) is 13.4. The molecule has 0 aromatic carbocycles. The molecule has 0 saturated carbocycles. The highest BCUT2D eigenvalue weighted by Gasteiger charge is 2.40. The molecule has 2 atom stereocenters. The Balaban J connectivity index is 1.49. The molecule has 7 heteroatoms. The van der Waals surface area contributed by atoms with Gasteiger partial charge in [0.25, 0.3) is 5.89 Å².